The predicted molar refractivity (Wildman–Crippen MR) is 61.2 cm³/mol. The molecule has 3 heteroatoms. The Morgan fingerprint density at radius 2 is 1.93 bits per heavy atom. The highest BCUT2D eigenvalue weighted by atomic mass is 16.6. The Bertz CT molecular complexity index is 317. The maximum Gasteiger partial charge on any atom is 0.113 e. The summed E-state index contributed by atoms with van der Waals surface area (Å²) in [7, 11) is 1.54. The molecule has 82 valence electrons. The number of benzene rings is 1. The lowest BCUT2D eigenvalue weighted by atomic mass is 10.1. The smallest absolute Gasteiger partial charge is 0.113 e. The van der Waals surface area contributed by atoms with Gasteiger partial charge in [0.25, 0.3) is 0 Å². The summed E-state index contributed by atoms with van der Waals surface area (Å²) in [6, 6.07) is 8.14. The van der Waals surface area contributed by atoms with Crippen LogP contribution in [0, 0.1) is 6.92 Å². The summed E-state index contributed by atoms with van der Waals surface area (Å²) in [5.41, 5.74) is 3.09. The van der Waals surface area contributed by atoms with Gasteiger partial charge in [-0.3, -0.25) is 0 Å². The van der Waals surface area contributed by atoms with Gasteiger partial charge < -0.3 is 9.57 Å². The molecule has 0 N–H and O–H groups in total. The first-order valence-electron chi connectivity index (χ1n) is 5.02. The van der Waals surface area contributed by atoms with E-state index in [0.717, 1.165) is 11.3 Å². The molecule has 0 saturated heterocycles. The topological polar surface area (TPSA) is 30.8 Å². The van der Waals surface area contributed by atoms with Crippen molar-refractivity contribution in [3.05, 3.63) is 35.4 Å². The van der Waals surface area contributed by atoms with Crippen LogP contribution in [-0.4, -0.2) is 26.0 Å². The third-order valence-corrected chi connectivity index (χ3v) is 2.03. The molecule has 0 bridgehead atoms. The molecule has 0 spiro atoms. The molecule has 0 saturated carbocycles. The highest BCUT2D eigenvalue weighted by Crippen LogP contribution is 2.05. The Balaban J connectivity index is 2.79. The monoisotopic (exact) mass is 207 g/mol. The number of hydrogen-bond donors (Lipinski definition) is 0. The summed E-state index contributed by atoms with van der Waals surface area (Å²) >= 11 is 0. The molecule has 0 atom stereocenters. The van der Waals surface area contributed by atoms with E-state index in [1.54, 1.807) is 7.11 Å². The molecule has 3 nitrogen and oxygen atoms in total. The van der Waals surface area contributed by atoms with Crippen LogP contribution in [0.15, 0.2) is 29.4 Å². The Morgan fingerprint density at radius 1 is 1.27 bits per heavy atom. The highest BCUT2D eigenvalue weighted by Gasteiger charge is 2.03. The maximum absolute atomic E-state index is 5.32. The number of nitrogens with zero attached hydrogens (tertiary/aromatic N) is 1. The summed E-state index contributed by atoms with van der Waals surface area (Å²) in [6.45, 7) is 5.17. The number of rotatable bonds is 5. The fourth-order valence-corrected chi connectivity index (χ4v) is 1.22. The summed E-state index contributed by atoms with van der Waals surface area (Å²) in [4.78, 5) is 4.79. The van der Waals surface area contributed by atoms with E-state index in [0.29, 0.717) is 13.2 Å². The number of oxime groups is 1. The first-order valence-corrected chi connectivity index (χ1v) is 5.02. The normalized spacial score (nSPS) is 11.5. The van der Waals surface area contributed by atoms with Crippen LogP contribution < -0.4 is 0 Å². The quantitative estimate of drug-likeness (QED) is 0.548. The van der Waals surface area contributed by atoms with Crippen LogP contribution in [0.5, 0.6) is 0 Å². The van der Waals surface area contributed by atoms with Crippen LogP contribution in [-0.2, 0) is 9.57 Å². The molecule has 0 aromatic heterocycles. The first kappa shape index (κ1) is 11.7. The van der Waals surface area contributed by atoms with E-state index in [-0.39, 0.29) is 0 Å². The standard InChI is InChI=1S/C12H17NO2/c1-4-15-9-12(13-14-3)11-7-5-10(2)6-8-11/h5-8H,4,9H2,1-3H3. The number of aryl methyl sites for hydroxylation is 1. The van der Waals surface area contributed by atoms with Crippen LogP contribution in [0.1, 0.15) is 18.1 Å². The van der Waals surface area contributed by atoms with Crippen LogP contribution in [0.2, 0.25) is 0 Å². The zero-order chi connectivity index (χ0) is 11.1. The molecule has 15 heavy (non-hydrogen) atoms. The molecule has 0 fully saturated rings. The SMILES string of the molecule is CCOCC(=NOC)c1ccc(C)cc1. The average molecular weight is 207 g/mol. The summed E-state index contributed by atoms with van der Waals surface area (Å²) in [5, 5.41) is 3.95. The molecule has 0 unspecified atom stereocenters. The van der Waals surface area contributed by atoms with E-state index in [2.05, 4.69) is 12.1 Å². The van der Waals surface area contributed by atoms with Gasteiger partial charge in [0, 0.05) is 12.2 Å². The van der Waals surface area contributed by atoms with E-state index in [1.165, 1.54) is 5.56 Å². The van der Waals surface area contributed by atoms with Crippen molar-refractivity contribution in [1.82, 2.24) is 0 Å². The lowest BCUT2D eigenvalue weighted by molar-refractivity contribution is 0.175. The molecule has 0 amide bonds. The van der Waals surface area contributed by atoms with E-state index < -0.39 is 0 Å². The molecule has 1 aromatic rings. The highest BCUT2D eigenvalue weighted by molar-refractivity contribution is 6.01. The van der Waals surface area contributed by atoms with Gasteiger partial charge in [-0.25, -0.2) is 0 Å². The lowest BCUT2D eigenvalue weighted by Gasteiger charge is -2.06. The molecule has 1 rings (SSSR count). The van der Waals surface area contributed by atoms with Crippen LogP contribution in [0.3, 0.4) is 0 Å². The van der Waals surface area contributed by atoms with Gasteiger partial charge in [-0.15, -0.1) is 0 Å². The van der Waals surface area contributed by atoms with Gasteiger partial charge in [-0.1, -0.05) is 35.0 Å². The average Bonchev–Trinajstić information content (AvgIpc) is 2.25. The zero-order valence-corrected chi connectivity index (χ0v) is 9.49. The van der Waals surface area contributed by atoms with Crippen molar-refractivity contribution in [2.75, 3.05) is 20.3 Å². The lowest BCUT2D eigenvalue weighted by Crippen LogP contribution is -2.11. The van der Waals surface area contributed by atoms with Gasteiger partial charge in [0.15, 0.2) is 0 Å². The molecule has 0 aliphatic heterocycles. The van der Waals surface area contributed by atoms with Crippen molar-refractivity contribution in [2.45, 2.75) is 13.8 Å². The Morgan fingerprint density at radius 3 is 2.47 bits per heavy atom. The minimum absolute atomic E-state index is 0.480. The summed E-state index contributed by atoms with van der Waals surface area (Å²) in [5.74, 6) is 0. The van der Waals surface area contributed by atoms with E-state index in [1.807, 2.05) is 31.2 Å². The third-order valence-electron chi connectivity index (χ3n) is 2.03. The van der Waals surface area contributed by atoms with Gasteiger partial charge in [0.2, 0.25) is 0 Å². The maximum atomic E-state index is 5.32. The molecular formula is C12H17NO2. The zero-order valence-electron chi connectivity index (χ0n) is 9.49. The van der Waals surface area contributed by atoms with Crippen molar-refractivity contribution in [3.8, 4) is 0 Å². The Labute approximate surface area is 90.7 Å². The molecule has 0 aliphatic rings. The van der Waals surface area contributed by atoms with Crippen LogP contribution in [0.25, 0.3) is 0 Å². The molecule has 0 heterocycles. The number of ether oxygens (including phenoxy) is 1. The van der Waals surface area contributed by atoms with Crippen molar-refractivity contribution >= 4 is 5.71 Å². The van der Waals surface area contributed by atoms with Gasteiger partial charge in [-0.05, 0) is 13.8 Å². The second-order valence-corrected chi connectivity index (χ2v) is 3.22. The minimum atomic E-state index is 0.480. The van der Waals surface area contributed by atoms with Crippen molar-refractivity contribution in [1.29, 1.82) is 0 Å². The number of hydrogen-bond acceptors (Lipinski definition) is 3. The second-order valence-electron chi connectivity index (χ2n) is 3.22. The second kappa shape index (κ2) is 6.19. The fraction of sp³-hybridized carbons (Fsp3) is 0.417. The van der Waals surface area contributed by atoms with Crippen molar-refractivity contribution < 1.29 is 9.57 Å². The van der Waals surface area contributed by atoms with Crippen molar-refractivity contribution in [3.63, 3.8) is 0 Å². The van der Waals surface area contributed by atoms with Gasteiger partial charge in [0.05, 0.1) is 6.61 Å². The summed E-state index contributed by atoms with van der Waals surface area (Å²) in [6.07, 6.45) is 0. The van der Waals surface area contributed by atoms with Gasteiger partial charge in [0.1, 0.15) is 12.8 Å². The molecule has 0 aliphatic carbocycles. The van der Waals surface area contributed by atoms with E-state index in [4.69, 9.17) is 9.57 Å². The minimum Gasteiger partial charge on any atom is -0.399 e. The van der Waals surface area contributed by atoms with Crippen LogP contribution >= 0.6 is 0 Å². The van der Waals surface area contributed by atoms with E-state index in [9.17, 15) is 0 Å². The fourth-order valence-electron chi connectivity index (χ4n) is 1.22. The van der Waals surface area contributed by atoms with Crippen LogP contribution in [0.4, 0.5) is 0 Å². The Hall–Kier alpha value is -1.35. The van der Waals surface area contributed by atoms with Gasteiger partial charge in [-0.2, -0.15) is 0 Å². The molecule has 1 aromatic carbocycles. The molecule has 0 radical (unpaired) electrons. The van der Waals surface area contributed by atoms with Gasteiger partial charge >= 0.3 is 0 Å². The van der Waals surface area contributed by atoms with E-state index >= 15 is 0 Å². The largest absolute Gasteiger partial charge is 0.399 e. The Kier molecular flexibility index (Phi) is 4.84. The molecular weight excluding hydrogens is 190 g/mol. The van der Waals surface area contributed by atoms with Crippen molar-refractivity contribution in [2.24, 2.45) is 5.16 Å². The summed E-state index contributed by atoms with van der Waals surface area (Å²) < 4.78 is 5.32. The third kappa shape index (κ3) is 3.72. The first-order chi connectivity index (χ1) is 7.27. The predicted octanol–water partition coefficient (Wildman–Crippen LogP) is 2.38.